The third-order valence-corrected chi connectivity index (χ3v) is 4.70. The van der Waals surface area contributed by atoms with E-state index in [9.17, 15) is 14.4 Å². The van der Waals surface area contributed by atoms with Gasteiger partial charge in [-0.15, -0.1) is 0 Å². The number of nitrogens with zero attached hydrogens (tertiary/aromatic N) is 1. The summed E-state index contributed by atoms with van der Waals surface area (Å²) < 4.78 is 0. The molecule has 0 radical (unpaired) electrons. The molecule has 2 atom stereocenters. The molecule has 0 aromatic heterocycles. The van der Waals surface area contributed by atoms with Crippen molar-refractivity contribution in [3.8, 4) is 0 Å². The van der Waals surface area contributed by atoms with E-state index in [-0.39, 0.29) is 24.7 Å². The fourth-order valence-corrected chi connectivity index (χ4v) is 3.31. The van der Waals surface area contributed by atoms with Crippen LogP contribution in [0.15, 0.2) is 60.7 Å². The summed E-state index contributed by atoms with van der Waals surface area (Å²) in [5.74, 6) is -1.80. The van der Waals surface area contributed by atoms with Crippen LogP contribution >= 0.6 is 0 Å². The molecule has 140 valence electrons. The van der Waals surface area contributed by atoms with E-state index in [0.717, 1.165) is 11.1 Å². The topological polar surface area (TPSA) is 86.7 Å². The van der Waals surface area contributed by atoms with Gasteiger partial charge in [0.1, 0.15) is 0 Å². The summed E-state index contributed by atoms with van der Waals surface area (Å²) >= 11 is 0. The SMILES string of the molecule is O=C(O)CC(NC(=O)C1CC(=O)N(Cc2ccccc2)C1)c1ccccc1. The quantitative estimate of drug-likeness (QED) is 0.788. The molecule has 2 unspecified atom stereocenters. The highest BCUT2D eigenvalue weighted by Gasteiger charge is 2.35. The molecule has 2 aromatic carbocycles. The summed E-state index contributed by atoms with van der Waals surface area (Å²) in [5, 5.41) is 12.0. The lowest BCUT2D eigenvalue weighted by molar-refractivity contribution is -0.138. The van der Waals surface area contributed by atoms with Crippen LogP contribution in [-0.4, -0.2) is 34.3 Å². The standard InChI is InChI=1S/C21H22N2O4/c24-19-11-17(14-23(19)13-15-7-3-1-4-8-15)21(27)22-18(12-20(25)26)16-9-5-2-6-10-16/h1-10,17-18H,11-14H2,(H,22,27)(H,25,26). The van der Waals surface area contributed by atoms with Crippen molar-refractivity contribution in [2.75, 3.05) is 6.54 Å². The zero-order valence-electron chi connectivity index (χ0n) is 14.9. The number of carbonyl (C=O) groups excluding carboxylic acids is 2. The number of carbonyl (C=O) groups is 3. The van der Waals surface area contributed by atoms with Crippen LogP contribution in [0.3, 0.4) is 0 Å². The van der Waals surface area contributed by atoms with Crippen molar-refractivity contribution in [2.24, 2.45) is 5.92 Å². The van der Waals surface area contributed by atoms with Crippen molar-refractivity contribution in [2.45, 2.75) is 25.4 Å². The first kappa shape index (κ1) is 18.6. The Morgan fingerprint density at radius 2 is 1.70 bits per heavy atom. The van der Waals surface area contributed by atoms with E-state index in [1.54, 1.807) is 29.2 Å². The van der Waals surface area contributed by atoms with Gasteiger partial charge in [-0.2, -0.15) is 0 Å². The minimum atomic E-state index is -0.989. The van der Waals surface area contributed by atoms with Crippen molar-refractivity contribution in [3.63, 3.8) is 0 Å². The van der Waals surface area contributed by atoms with Crippen molar-refractivity contribution in [1.29, 1.82) is 0 Å². The molecule has 0 spiro atoms. The minimum Gasteiger partial charge on any atom is -0.481 e. The summed E-state index contributed by atoms with van der Waals surface area (Å²) in [6.07, 6.45) is -0.0581. The van der Waals surface area contributed by atoms with Gasteiger partial charge in [0.2, 0.25) is 11.8 Å². The first-order chi connectivity index (χ1) is 13.0. The van der Waals surface area contributed by atoms with Gasteiger partial charge in [0.25, 0.3) is 0 Å². The lowest BCUT2D eigenvalue weighted by atomic mass is 10.0. The first-order valence-electron chi connectivity index (χ1n) is 8.91. The summed E-state index contributed by atoms with van der Waals surface area (Å²) in [6, 6.07) is 18.0. The molecule has 6 heteroatoms. The maximum atomic E-state index is 12.7. The second-order valence-corrected chi connectivity index (χ2v) is 6.73. The molecule has 3 rings (SSSR count). The number of aliphatic carboxylic acids is 1. The first-order valence-corrected chi connectivity index (χ1v) is 8.91. The van der Waals surface area contributed by atoms with Crippen LogP contribution in [0.5, 0.6) is 0 Å². The van der Waals surface area contributed by atoms with Crippen LogP contribution in [0.1, 0.15) is 30.0 Å². The molecule has 1 saturated heterocycles. The molecule has 1 heterocycles. The highest BCUT2D eigenvalue weighted by molar-refractivity contribution is 5.89. The molecular weight excluding hydrogens is 344 g/mol. The lowest BCUT2D eigenvalue weighted by Crippen LogP contribution is -2.36. The van der Waals surface area contributed by atoms with Crippen LogP contribution in [0.25, 0.3) is 0 Å². The van der Waals surface area contributed by atoms with Gasteiger partial charge in [-0.1, -0.05) is 60.7 Å². The Bertz CT molecular complexity index is 807. The van der Waals surface area contributed by atoms with Gasteiger partial charge in [0.15, 0.2) is 0 Å². The molecule has 1 aliphatic heterocycles. The predicted molar refractivity (Wildman–Crippen MR) is 99.5 cm³/mol. The summed E-state index contributed by atoms with van der Waals surface area (Å²) in [5.41, 5.74) is 1.75. The number of carboxylic acids is 1. The Morgan fingerprint density at radius 3 is 2.33 bits per heavy atom. The van der Waals surface area contributed by atoms with Crippen LogP contribution < -0.4 is 5.32 Å². The molecule has 2 aromatic rings. The molecule has 6 nitrogen and oxygen atoms in total. The molecule has 1 aliphatic rings. The average molecular weight is 366 g/mol. The number of amides is 2. The van der Waals surface area contributed by atoms with Gasteiger partial charge in [0.05, 0.1) is 18.4 Å². The molecule has 2 amide bonds. The molecule has 1 fully saturated rings. The highest BCUT2D eigenvalue weighted by atomic mass is 16.4. The number of hydrogen-bond acceptors (Lipinski definition) is 3. The molecule has 0 bridgehead atoms. The fraction of sp³-hybridized carbons (Fsp3) is 0.286. The van der Waals surface area contributed by atoms with Crippen LogP contribution in [-0.2, 0) is 20.9 Å². The van der Waals surface area contributed by atoms with E-state index in [4.69, 9.17) is 5.11 Å². The summed E-state index contributed by atoms with van der Waals surface area (Å²) in [4.78, 5) is 37.8. The maximum Gasteiger partial charge on any atom is 0.305 e. The highest BCUT2D eigenvalue weighted by Crippen LogP contribution is 2.23. The summed E-state index contributed by atoms with van der Waals surface area (Å²) in [7, 11) is 0. The predicted octanol–water partition coefficient (Wildman–Crippen LogP) is 2.37. The van der Waals surface area contributed by atoms with E-state index in [2.05, 4.69) is 5.32 Å². The number of carboxylic acid groups (broad SMARTS) is 1. The van der Waals surface area contributed by atoms with E-state index >= 15 is 0 Å². The van der Waals surface area contributed by atoms with Crippen molar-refractivity contribution < 1.29 is 19.5 Å². The molecule has 0 saturated carbocycles. The second-order valence-electron chi connectivity index (χ2n) is 6.73. The number of nitrogens with one attached hydrogen (secondary N) is 1. The van der Waals surface area contributed by atoms with Gasteiger partial charge in [-0.3, -0.25) is 14.4 Å². The largest absolute Gasteiger partial charge is 0.481 e. The van der Waals surface area contributed by atoms with Gasteiger partial charge in [-0.25, -0.2) is 0 Å². The minimum absolute atomic E-state index is 0.0616. The number of benzene rings is 2. The fourth-order valence-electron chi connectivity index (χ4n) is 3.31. The maximum absolute atomic E-state index is 12.7. The Hall–Kier alpha value is -3.15. The molecule has 27 heavy (non-hydrogen) atoms. The lowest BCUT2D eigenvalue weighted by Gasteiger charge is -2.20. The smallest absolute Gasteiger partial charge is 0.305 e. The number of rotatable bonds is 7. The normalized spacial score (nSPS) is 17.6. The zero-order valence-corrected chi connectivity index (χ0v) is 14.9. The van der Waals surface area contributed by atoms with Crippen LogP contribution in [0.4, 0.5) is 0 Å². The Balaban J connectivity index is 1.64. The van der Waals surface area contributed by atoms with Gasteiger partial charge in [-0.05, 0) is 11.1 Å². The third kappa shape index (κ3) is 4.94. The van der Waals surface area contributed by atoms with Crippen molar-refractivity contribution in [1.82, 2.24) is 10.2 Å². The molecular formula is C21H22N2O4. The van der Waals surface area contributed by atoms with Crippen molar-refractivity contribution in [3.05, 3.63) is 71.8 Å². The van der Waals surface area contributed by atoms with E-state index in [1.165, 1.54) is 0 Å². The summed E-state index contributed by atoms with van der Waals surface area (Å²) in [6.45, 7) is 0.814. The Morgan fingerprint density at radius 1 is 1.07 bits per heavy atom. The van der Waals surface area contributed by atoms with Crippen LogP contribution in [0.2, 0.25) is 0 Å². The van der Waals surface area contributed by atoms with E-state index < -0.39 is 17.9 Å². The number of likely N-dealkylation sites (tertiary alicyclic amines) is 1. The average Bonchev–Trinajstić information content (AvgIpc) is 3.03. The second kappa shape index (κ2) is 8.49. The molecule has 2 N–H and O–H groups in total. The third-order valence-electron chi connectivity index (χ3n) is 4.70. The van der Waals surface area contributed by atoms with E-state index in [1.807, 2.05) is 36.4 Å². The Kier molecular flexibility index (Phi) is 5.86. The zero-order chi connectivity index (χ0) is 19.2. The monoisotopic (exact) mass is 366 g/mol. The van der Waals surface area contributed by atoms with E-state index in [0.29, 0.717) is 13.1 Å². The van der Waals surface area contributed by atoms with Gasteiger partial charge >= 0.3 is 5.97 Å². The number of hydrogen-bond donors (Lipinski definition) is 2. The van der Waals surface area contributed by atoms with Gasteiger partial charge in [0, 0.05) is 19.5 Å². The van der Waals surface area contributed by atoms with Gasteiger partial charge < -0.3 is 15.3 Å². The van der Waals surface area contributed by atoms with Crippen LogP contribution in [0, 0.1) is 5.92 Å². The van der Waals surface area contributed by atoms with Crippen molar-refractivity contribution >= 4 is 17.8 Å². The molecule has 0 aliphatic carbocycles. The Labute approximate surface area is 157 Å².